The Morgan fingerprint density at radius 2 is 2.17 bits per heavy atom. The first kappa shape index (κ1) is 13.6. The SMILES string of the molecule is CNCc1oc(CN2CCC(OC)CC2)cc1C. The van der Waals surface area contributed by atoms with Crippen molar-refractivity contribution in [3.8, 4) is 0 Å². The van der Waals surface area contributed by atoms with E-state index in [0.717, 1.165) is 50.5 Å². The van der Waals surface area contributed by atoms with Gasteiger partial charge in [0, 0.05) is 20.2 Å². The van der Waals surface area contributed by atoms with Gasteiger partial charge in [0.15, 0.2) is 0 Å². The maximum atomic E-state index is 5.88. The minimum Gasteiger partial charge on any atom is -0.463 e. The van der Waals surface area contributed by atoms with Crippen LogP contribution < -0.4 is 5.32 Å². The van der Waals surface area contributed by atoms with E-state index >= 15 is 0 Å². The molecule has 1 aliphatic heterocycles. The van der Waals surface area contributed by atoms with Crippen LogP contribution in [0.1, 0.15) is 29.9 Å². The van der Waals surface area contributed by atoms with E-state index in [1.54, 1.807) is 7.11 Å². The molecule has 0 spiro atoms. The minimum absolute atomic E-state index is 0.444. The molecule has 0 atom stereocenters. The van der Waals surface area contributed by atoms with Crippen LogP contribution in [0.2, 0.25) is 0 Å². The van der Waals surface area contributed by atoms with E-state index in [9.17, 15) is 0 Å². The minimum atomic E-state index is 0.444. The second-order valence-electron chi connectivity index (χ2n) is 5.06. The molecule has 4 nitrogen and oxygen atoms in total. The smallest absolute Gasteiger partial charge is 0.120 e. The summed E-state index contributed by atoms with van der Waals surface area (Å²) < 4.78 is 11.3. The largest absolute Gasteiger partial charge is 0.463 e. The molecule has 1 aromatic heterocycles. The third-order valence-electron chi connectivity index (χ3n) is 3.66. The van der Waals surface area contributed by atoms with Gasteiger partial charge < -0.3 is 14.5 Å². The van der Waals surface area contributed by atoms with Crippen LogP contribution >= 0.6 is 0 Å². The fraction of sp³-hybridized carbons (Fsp3) is 0.714. The Balaban J connectivity index is 1.88. The zero-order chi connectivity index (χ0) is 13.0. The molecule has 1 fully saturated rings. The van der Waals surface area contributed by atoms with Crippen molar-refractivity contribution in [1.29, 1.82) is 0 Å². The molecular weight excluding hydrogens is 228 g/mol. The van der Waals surface area contributed by atoms with Crippen LogP contribution in [0.3, 0.4) is 0 Å². The van der Waals surface area contributed by atoms with Gasteiger partial charge in [-0.2, -0.15) is 0 Å². The molecule has 0 saturated carbocycles. The predicted molar refractivity (Wildman–Crippen MR) is 71.5 cm³/mol. The van der Waals surface area contributed by atoms with Gasteiger partial charge in [-0.1, -0.05) is 0 Å². The number of ether oxygens (including phenoxy) is 1. The zero-order valence-electron chi connectivity index (χ0n) is 11.7. The van der Waals surface area contributed by atoms with Crippen molar-refractivity contribution in [3.05, 3.63) is 23.2 Å². The van der Waals surface area contributed by atoms with Crippen LogP contribution in [-0.4, -0.2) is 38.3 Å². The number of rotatable bonds is 5. The van der Waals surface area contributed by atoms with Gasteiger partial charge >= 0.3 is 0 Å². The van der Waals surface area contributed by atoms with Gasteiger partial charge in [-0.25, -0.2) is 0 Å². The number of likely N-dealkylation sites (tertiary alicyclic amines) is 1. The van der Waals surface area contributed by atoms with Crippen molar-refractivity contribution >= 4 is 0 Å². The van der Waals surface area contributed by atoms with E-state index in [0.29, 0.717) is 6.10 Å². The number of piperidine rings is 1. The summed E-state index contributed by atoms with van der Waals surface area (Å²) in [6.45, 7) is 6.02. The quantitative estimate of drug-likeness (QED) is 0.869. The summed E-state index contributed by atoms with van der Waals surface area (Å²) in [6.07, 6.45) is 2.69. The first-order chi connectivity index (χ1) is 8.72. The van der Waals surface area contributed by atoms with E-state index in [1.165, 1.54) is 5.56 Å². The third-order valence-corrected chi connectivity index (χ3v) is 3.66. The zero-order valence-corrected chi connectivity index (χ0v) is 11.7. The number of hydrogen-bond acceptors (Lipinski definition) is 4. The lowest BCUT2D eigenvalue weighted by Crippen LogP contribution is -2.36. The highest BCUT2D eigenvalue weighted by atomic mass is 16.5. The fourth-order valence-electron chi connectivity index (χ4n) is 2.53. The topological polar surface area (TPSA) is 37.6 Å². The van der Waals surface area contributed by atoms with Crippen molar-refractivity contribution < 1.29 is 9.15 Å². The average Bonchev–Trinajstić information content (AvgIpc) is 2.71. The summed E-state index contributed by atoms with van der Waals surface area (Å²) in [5, 5.41) is 3.13. The summed E-state index contributed by atoms with van der Waals surface area (Å²) in [7, 11) is 3.75. The van der Waals surface area contributed by atoms with Crippen LogP contribution in [-0.2, 0) is 17.8 Å². The first-order valence-corrected chi connectivity index (χ1v) is 6.71. The number of hydrogen-bond donors (Lipinski definition) is 1. The van der Waals surface area contributed by atoms with Gasteiger partial charge in [0.1, 0.15) is 11.5 Å². The normalized spacial score (nSPS) is 18.4. The lowest BCUT2D eigenvalue weighted by Gasteiger charge is -2.30. The Labute approximate surface area is 109 Å². The molecule has 1 saturated heterocycles. The van der Waals surface area contributed by atoms with E-state index in [4.69, 9.17) is 9.15 Å². The van der Waals surface area contributed by atoms with Crippen LogP contribution in [0.4, 0.5) is 0 Å². The van der Waals surface area contributed by atoms with Crippen molar-refractivity contribution in [3.63, 3.8) is 0 Å². The maximum absolute atomic E-state index is 5.88. The Kier molecular flexibility index (Phi) is 4.80. The average molecular weight is 252 g/mol. The molecule has 2 rings (SSSR count). The highest BCUT2D eigenvalue weighted by molar-refractivity contribution is 5.20. The van der Waals surface area contributed by atoms with Crippen LogP contribution in [0, 0.1) is 6.92 Å². The molecule has 18 heavy (non-hydrogen) atoms. The number of nitrogens with one attached hydrogen (secondary N) is 1. The maximum Gasteiger partial charge on any atom is 0.120 e. The number of nitrogens with zero attached hydrogens (tertiary/aromatic N) is 1. The second-order valence-corrected chi connectivity index (χ2v) is 5.06. The van der Waals surface area contributed by atoms with E-state index in [2.05, 4.69) is 23.2 Å². The van der Waals surface area contributed by atoms with Crippen LogP contribution in [0.15, 0.2) is 10.5 Å². The Morgan fingerprint density at radius 1 is 1.44 bits per heavy atom. The van der Waals surface area contributed by atoms with Gasteiger partial charge in [0.05, 0.1) is 19.2 Å². The lowest BCUT2D eigenvalue weighted by atomic mass is 10.1. The van der Waals surface area contributed by atoms with Crippen molar-refractivity contribution in [2.75, 3.05) is 27.2 Å². The van der Waals surface area contributed by atoms with Crippen molar-refractivity contribution in [2.24, 2.45) is 0 Å². The molecule has 0 unspecified atom stereocenters. The van der Waals surface area contributed by atoms with Crippen molar-refractivity contribution in [1.82, 2.24) is 10.2 Å². The molecule has 1 aliphatic rings. The summed E-state index contributed by atoms with van der Waals surface area (Å²) in [5.74, 6) is 2.13. The molecule has 1 aromatic rings. The molecule has 0 aromatic carbocycles. The van der Waals surface area contributed by atoms with E-state index in [1.807, 2.05) is 7.05 Å². The Morgan fingerprint density at radius 3 is 2.78 bits per heavy atom. The number of methoxy groups -OCH3 is 1. The molecular formula is C14H24N2O2. The standard InChI is InChI=1S/C14H24N2O2/c1-11-8-13(18-14(11)9-15-2)10-16-6-4-12(17-3)5-7-16/h8,12,15H,4-7,9-10H2,1-3H3. The number of aryl methyl sites for hydroxylation is 1. The lowest BCUT2D eigenvalue weighted by molar-refractivity contribution is 0.0369. The highest BCUT2D eigenvalue weighted by Crippen LogP contribution is 2.19. The van der Waals surface area contributed by atoms with Gasteiger partial charge in [0.25, 0.3) is 0 Å². The first-order valence-electron chi connectivity index (χ1n) is 6.71. The Hall–Kier alpha value is -0.840. The van der Waals surface area contributed by atoms with Gasteiger partial charge in [-0.15, -0.1) is 0 Å². The van der Waals surface area contributed by atoms with Gasteiger partial charge in [0.2, 0.25) is 0 Å². The molecule has 2 heterocycles. The van der Waals surface area contributed by atoms with Crippen LogP contribution in [0.5, 0.6) is 0 Å². The van der Waals surface area contributed by atoms with Crippen LogP contribution in [0.25, 0.3) is 0 Å². The van der Waals surface area contributed by atoms with E-state index in [-0.39, 0.29) is 0 Å². The molecule has 0 aliphatic carbocycles. The molecule has 4 heteroatoms. The number of furan rings is 1. The summed E-state index contributed by atoms with van der Waals surface area (Å²) in [6, 6.07) is 2.16. The van der Waals surface area contributed by atoms with Gasteiger partial charge in [-0.3, -0.25) is 4.90 Å². The molecule has 0 bridgehead atoms. The summed E-state index contributed by atoms with van der Waals surface area (Å²) in [4.78, 5) is 2.44. The highest BCUT2D eigenvalue weighted by Gasteiger charge is 2.19. The van der Waals surface area contributed by atoms with Gasteiger partial charge in [-0.05, 0) is 38.4 Å². The summed E-state index contributed by atoms with van der Waals surface area (Å²) >= 11 is 0. The van der Waals surface area contributed by atoms with Crippen molar-refractivity contribution in [2.45, 2.75) is 39.0 Å². The van der Waals surface area contributed by atoms with E-state index < -0.39 is 0 Å². The summed E-state index contributed by atoms with van der Waals surface area (Å²) in [5.41, 5.74) is 1.24. The molecule has 1 N–H and O–H groups in total. The molecule has 102 valence electrons. The fourth-order valence-corrected chi connectivity index (χ4v) is 2.53. The second kappa shape index (κ2) is 6.36. The third kappa shape index (κ3) is 3.34. The monoisotopic (exact) mass is 252 g/mol. The predicted octanol–water partition coefficient (Wildman–Crippen LogP) is 1.92. The molecule has 0 amide bonds. The Bertz CT molecular complexity index is 368. The molecule has 0 radical (unpaired) electrons.